The first-order valence-corrected chi connectivity index (χ1v) is 6.47. The molecule has 4 heteroatoms. The first-order chi connectivity index (χ1) is 8.97. The van der Waals surface area contributed by atoms with Gasteiger partial charge in [-0.3, -0.25) is 4.79 Å². The van der Waals surface area contributed by atoms with Crippen LogP contribution in [-0.2, 0) is 0 Å². The Labute approximate surface area is 121 Å². The molecule has 2 aromatic carbocycles. The summed E-state index contributed by atoms with van der Waals surface area (Å²) >= 11 is 12.0. The first-order valence-electron chi connectivity index (χ1n) is 5.72. The smallest absolute Gasteiger partial charge is 0.159 e. The van der Waals surface area contributed by atoms with Crippen LogP contribution in [-0.4, -0.2) is 5.78 Å². The van der Waals surface area contributed by atoms with Crippen LogP contribution in [0.5, 0.6) is 11.5 Å². The molecule has 19 heavy (non-hydrogen) atoms. The van der Waals surface area contributed by atoms with Crippen molar-refractivity contribution in [3.63, 3.8) is 0 Å². The van der Waals surface area contributed by atoms with E-state index in [1.807, 2.05) is 13.0 Å². The van der Waals surface area contributed by atoms with Crippen LogP contribution in [0.15, 0.2) is 36.4 Å². The highest BCUT2D eigenvalue weighted by Gasteiger charge is 2.08. The minimum Gasteiger partial charge on any atom is -0.456 e. The number of Topliss-reactive ketones (excluding diaryl/α,β-unsaturated/α-hetero) is 1. The molecular weight excluding hydrogens is 283 g/mol. The molecule has 0 atom stereocenters. The van der Waals surface area contributed by atoms with Gasteiger partial charge in [-0.15, -0.1) is 0 Å². The standard InChI is InChI=1S/C15H12Cl2O2/c1-9-7-12(16)4-6-14(9)19-15-5-3-11(10(2)18)8-13(15)17/h3-8H,1-2H3. The molecule has 2 aromatic rings. The zero-order valence-electron chi connectivity index (χ0n) is 10.5. The average molecular weight is 295 g/mol. The second-order valence-corrected chi connectivity index (χ2v) is 5.06. The summed E-state index contributed by atoms with van der Waals surface area (Å²) < 4.78 is 5.73. The molecule has 0 amide bonds. The van der Waals surface area contributed by atoms with E-state index in [0.717, 1.165) is 5.56 Å². The molecule has 0 heterocycles. The molecular formula is C15H12Cl2O2. The number of benzene rings is 2. The van der Waals surface area contributed by atoms with Crippen molar-refractivity contribution in [1.29, 1.82) is 0 Å². The molecule has 0 aliphatic carbocycles. The maximum atomic E-state index is 11.2. The Morgan fingerprint density at radius 3 is 2.32 bits per heavy atom. The Balaban J connectivity index is 2.31. The molecule has 0 radical (unpaired) electrons. The molecule has 0 aromatic heterocycles. The van der Waals surface area contributed by atoms with E-state index in [1.54, 1.807) is 30.3 Å². The molecule has 98 valence electrons. The van der Waals surface area contributed by atoms with Crippen molar-refractivity contribution in [3.8, 4) is 11.5 Å². The predicted octanol–water partition coefficient (Wildman–Crippen LogP) is 5.30. The molecule has 0 N–H and O–H groups in total. The summed E-state index contributed by atoms with van der Waals surface area (Å²) in [6.07, 6.45) is 0. The van der Waals surface area contributed by atoms with E-state index in [2.05, 4.69) is 0 Å². The van der Waals surface area contributed by atoms with Gasteiger partial charge in [0.2, 0.25) is 0 Å². The summed E-state index contributed by atoms with van der Waals surface area (Å²) in [5, 5.41) is 1.06. The molecule has 0 aliphatic heterocycles. The van der Waals surface area contributed by atoms with Gasteiger partial charge in [0.1, 0.15) is 11.5 Å². The van der Waals surface area contributed by atoms with Gasteiger partial charge in [0.05, 0.1) is 5.02 Å². The Hall–Kier alpha value is -1.51. The van der Waals surface area contributed by atoms with Crippen molar-refractivity contribution in [1.82, 2.24) is 0 Å². The first kappa shape index (κ1) is 13.9. The monoisotopic (exact) mass is 294 g/mol. The highest BCUT2D eigenvalue weighted by Crippen LogP contribution is 2.32. The number of carbonyl (C=O) groups is 1. The molecule has 0 bridgehead atoms. The lowest BCUT2D eigenvalue weighted by Gasteiger charge is -2.11. The Morgan fingerprint density at radius 1 is 1.05 bits per heavy atom. The molecule has 0 aliphatic rings. The van der Waals surface area contributed by atoms with Crippen LogP contribution in [0.4, 0.5) is 0 Å². The highest BCUT2D eigenvalue weighted by atomic mass is 35.5. The number of ether oxygens (including phenoxy) is 1. The van der Waals surface area contributed by atoms with E-state index < -0.39 is 0 Å². The largest absolute Gasteiger partial charge is 0.456 e. The molecule has 0 saturated heterocycles. The molecule has 2 nitrogen and oxygen atoms in total. The van der Waals surface area contributed by atoms with Gasteiger partial charge >= 0.3 is 0 Å². The molecule has 0 spiro atoms. The van der Waals surface area contributed by atoms with E-state index in [1.165, 1.54) is 6.92 Å². The van der Waals surface area contributed by atoms with Crippen molar-refractivity contribution >= 4 is 29.0 Å². The van der Waals surface area contributed by atoms with E-state index >= 15 is 0 Å². The minimum absolute atomic E-state index is 0.0314. The third-order valence-electron chi connectivity index (χ3n) is 2.70. The quantitative estimate of drug-likeness (QED) is 0.718. The third-order valence-corrected chi connectivity index (χ3v) is 3.23. The number of halogens is 2. The van der Waals surface area contributed by atoms with Crippen LogP contribution < -0.4 is 4.74 Å². The van der Waals surface area contributed by atoms with Crippen molar-refractivity contribution in [2.24, 2.45) is 0 Å². The topological polar surface area (TPSA) is 26.3 Å². The molecule has 2 rings (SSSR count). The average Bonchev–Trinajstić information content (AvgIpc) is 2.34. The number of carbonyl (C=O) groups excluding carboxylic acids is 1. The fraction of sp³-hybridized carbons (Fsp3) is 0.133. The van der Waals surface area contributed by atoms with Gasteiger partial charge in [-0.2, -0.15) is 0 Å². The summed E-state index contributed by atoms with van der Waals surface area (Å²) in [4.78, 5) is 11.2. The highest BCUT2D eigenvalue weighted by molar-refractivity contribution is 6.32. The fourth-order valence-corrected chi connectivity index (χ4v) is 2.09. The summed E-state index contributed by atoms with van der Waals surface area (Å²) in [6.45, 7) is 3.40. The second-order valence-electron chi connectivity index (χ2n) is 4.21. The van der Waals surface area contributed by atoms with Crippen molar-refractivity contribution in [2.45, 2.75) is 13.8 Å². The number of hydrogen-bond donors (Lipinski definition) is 0. The number of hydrogen-bond acceptors (Lipinski definition) is 2. The van der Waals surface area contributed by atoms with Gasteiger partial charge in [0.15, 0.2) is 5.78 Å². The maximum Gasteiger partial charge on any atom is 0.159 e. The van der Waals surface area contributed by atoms with Crippen LogP contribution in [0.25, 0.3) is 0 Å². The number of aryl methyl sites for hydroxylation is 1. The molecule has 0 saturated carbocycles. The van der Waals surface area contributed by atoms with Gasteiger partial charge in [-0.1, -0.05) is 23.2 Å². The van der Waals surface area contributed by atoms with Crippen LogP contribution in [0.1, 0.15) is 22.8 Å². The number of rotatable bonds is 3. The lowest BCUT2D eigenvalue weighted by Crippen LogP contribution is -1.93. The van der Waals surface area contributed by atoms with Crippen LogP contribution in [0, 0.1) is 6.92 Å². The lowest BCUT2D eigenvalue weighted by atomic mass is 10.1. The normalized spacial score (nSPS) is 10.3. The second kappa shape index (κ2) is 5.64. The van der Waals surface area contributed by atoms with E-state index in [-0.39, 0.29) is 5.78 Å². The van der Waals surface area contributed by atoms with Gasteiger partial charge in [-0.25, -0.2) is 0 Å². The van der Waals surface area contributed by atoms with E-state index in [9.17, 15) is 4.79 Å². The van der Waals surface area contributed by atoms with Gasteiger partial charge in [-0.05, 0) is 55.8 Å². The molecule has 0 fully saturated rings. The minimum atomic E-state index is -0.0314. The predicted molar refractivity (Wildman–Crippen MR) is 77.7 cm³/mol. The van der Waals surface area contributed by atoms with Crippen LogP contribution >= 0.6 is 23.2 Å². The van der Waals surface area contributed by atoms with Crippen molar-refractivity contribution in [3.05, 3.63) is 57.6 Å². The van der Waals surface area contributed by atoms with Crippen molar-refractivity contribution < 1.29 is 9.53 Å². The Morgan fingerprint density at radius 2 is 1.74 bits per heavy atom. The summed E-state index contributed by atoms with van der Waals surface area (Å²) in [5.74, 6) is 1.16. The summed E-state index contributed by atoms with van der Waals surface area (Å²) in [6, 6.07) is 10.3. The van der Waals surface area contributed by atoms with E-state index in [0.29, 0.717) is 27.1 Å². The zero-order chi connectivity index (χ0) is 14.0. The third kappa shape index (κ3) is 3.28. The van der Waals surface area contributed by atoms with E-state index in [4.69, 9.17) is 27.9 Å². The SMILES string of the molecule is CC(=O)c1ccc(Oc2ccc(Cl)cc2C)c(Cl)c1. The Kier molecular flexibility index (Phi) is 4.13. The van der Waals surface area contributed by atoms with Crippen LogP contribution in [0.3, 0.4) is 0 Å². The van der Waals surface area contributed by atoms with Crippen molar-refractivity contribution in [2.75, 3.05) is 0 Å². The lowest BCUT2D eigenvalue weighted by molar-refractivity contribution is 0.101. The maximum absolute atomic E-state index is 11.2. The van der Waals surface area contributed by atoms with Gasteiger partial charge < -0.3 is 4.74 Å². The fourth-order valence-electron chi connectivity index (χ4n) is 1.65. The Bertz CT molecular complexity index is 636. The van der Waals surface area contributed by atoms with Gasteiger partial charge in [0, 0.05) is 10.6 Å². The summed E-state index contributed by atoms with van der Waals surface area (Å²) in [5.41, 5.74) is 1.48. The van der Waals surface area contributed by atoms with Gasteiger partial charge in [0.25, 0.3) is 0 Å². The van der Waals surface area contributed by atoms with Crippen LogP contribution in [0.2, 0.25) is 10.0 Å². The number of ketones is 1. The zero-order valence-corrected chi connectivity index (χ0v) is 12.0. The summed E-state index contributed by atoms with van der Waals surface area (Å²) in [7, 11) is 0. The molecule has 0 unspecified atom stereocenters.